The lowest BCUT2D eigenvalue weighted by molar-refractivity contribution is 0.0303. The highest BCUT2D eigenvalue weighted by Crippen LogP contribution is 2.13. The van der Waals surface area contributed by atoms with Crippen LogP contribution >= 0.6 is 0 Å². The Hall–Kier alpha value is -0.120. The zero-order valence-electron chi connectivity index (χ0n) is 9.26. The van der Waals surface area contributed by atoms with E-state index < -0.39 is 0 Å². The molecule has 2 N–H and O–H groups in total. The summed E-state index contributed by atoms with van der Waals surface area (Å²) in [5, 5.41) is 12.2. The van der Waals surface area contributed by atoms with Crippen molar-refractivity contribution in [3.63, 3.8) is 0 Å². The van der Waals surface area contributed by atoms with Crippen LogP contribution in [-0.4, -0.2) is 37.0 Å². The zero-order chi connectivity index (χ0) is 10.3. The number of aliphatic hydroxyl groups excluding tert-OH is 1. The predicted octanol–water partition coefficient (Wildman–Crippen LogP) is 1.16. The van der Waals surface area contributed by atoms with Crippen molar-refractivity contribution in [2.45, 2.75) is 45.3 Å². The van der Waals surface area contributed by atoms with Crippen LogP contribution in [0.2, 0.25) is 0 Å². The van der Waals surface area contributed by atoms with Crippen LogP contribution in [0.4, 0.5) is 0 Å². The minimum Gasteiger partial charge on any atom is -0.394 e. The van der Waals surface area contributed by atoms with Gasteiger partial charge in [0.2, 0.25) is 0 Å². The molecule has 80 valence electrons. The summed E-state index contributed by atoms with van der Waals surface area (Å²) in [4.78, 5) is 0. The van der Waals surface area contributed by atoms with Crippen LogP contribution in [0.5, 0.6) is 0 Å². The maximum Gasteiger partial charge on any atom is 0.0611 e. The molecular weight excluding hydrogens is 166 g/mol. The van der Waals surface area contributed by atoms with Crippen molar-refractivity contribution in [2.24, 2.45) is 0 Å². The van der Waals surface area contributed by atoms with Crippen LogP contribution in [-0.2, 0) is 4.74 Å². The maximum absolute atomic E-state index is 9.14. The number of hydrogen-bond donors (Lipinski definition) is 2. The van der Waals surface area contributed by atoms with E-state index in [1.807, 2.05) is 20.9 Å². The fraction of sp³-hybridized carbons (Fsp3) is 1.00. The van der Waals surface area contributed by atoms with Crippen LogP contribution < -0.4 is 5.32 Å². The van der Waals surface area contributed by atoms with Crippen LogP contribution in [0, 0.1) is 0 Å². The fourth-order valence-corrected chi connectivity index (χ4v) is 1.26. The predicted molar refractivity (Wildman–Crippen MR) is 54.9 cm³/mol. The summed E-state index contributed by atoms with van der Waals surface area (Å²) in [5.74, 6) is 0. The highest BCUT2D eigenvalue weighted by atomic mass is 16.5. The third-order valence-electron chi connectivity index (χ3n) is 2.30. The first kappa shape index (κ1) is 12.9. The van der Waals surface area contributed by atoms with E-state index >= 15 is 0 Å². The van der Waals surface area contributed by atoms with Gasteiger partial charge in [-0.1, -0.05) is 6.92 Å². The van der Waals surface area contributed by atoms with Gasteiger partial charge < -0.3 is 15.2 Å². The Balaban J connectivity index is 3.79. The minimum atomic E-state index is -0.215. The molecule has 0 rings (SSSR count). The summed E-state index contributed by atoms with van der Waals surface area (Å²) in [6.07, 6.45) is 2.07. The number of ether oxygens (including phenoxy) is 1. The van der Waals surface area contributed by atoms with Gasteiger partial charge in [0, 0.05) is 12.1 Å². The molecule has 2 unspecified atom stereocenters. The van der Waals surface area contributed by atoms with Crippen LogP contribution in [0.15, 0.2) is 0 Å². The molecule has 0 radical (unpaired) electrons. The number of aliphatic hydroxyl groups is 1. The van der Waals surface area contributed by atoms with E-state index in [0.29, 0.717) is 0 Å². The SMILES string of the molecule is CCCOC(C)CC(C)(CO)NC. The number of nitrogens with one attached hydrogen (secondary N) is 1. The quantitative estimate of drug-likeness (QED) is 0.631. The van der Waals surface area contributed by atoms with Crippen LogP contribution in [0.3, 0.4) is 0 Å². The van der Waals surface area contributed by atoms with Crippen LogP contribution in [0.25, 0.3) is 0 Å². The fourth-order valence-electron chi connectivity index (χ4n) is 1.26. The molecule has 0 aromatic carbocycles. The number of rotatable bonds is 7. The third-order valence-corrected chi connectivity index (χ3v) is 2.30. The summed E-state index contributed by atoms with van der Waals surface area (Å²) >= 11 is 0. The molecule has 0 aliphatic rings. The molecule has 0 saturated heterocycles. The first-order valence-electron chi connectivity index (χ1n) is 4.99. The summed E-state index contributed by atoms with van der Waals surface area (Å²) < 4.78 is 5.54. The molecular formula is C10H23NO2. The lowest BCUT2D eigenvalue weighted by Crippen LogP contribution is -2.46. The highest BCUT2D eigenvalue weighted by molar-refractivity contribution is 4.82. The molecule has 3 nitrogen and oxygen atoms in total. The van der Waals surface area contributed by atoms with Gasteiger partial charge in [0.1, 0.15) is 0 Å². The monoisotopic (exact) mass is 189 g/mol. The van der Waals surface area contributed by atoms with Crippen molar-refractivity contribution in [1.82, 2.24) is 5.32 Å². The largest absolute Gasteiger partial charge is 0.394 e. The van der Waals surface area contributed by atoms with E-state index in [1.165, 1.54) is 0 Å². The van der Waals surface area contributed by atoms with Crippen molar-refractivity contribution in [3.05, 3.63) is 0 Å². The van der Waals surface area contributed by atoms with Crippen molar-refractivity contribution < 1.29 is 9.84 Å². The topological polar surface area (TPSA) is 41.5 Å². The summed E-state index contributed by atoms with van der Waals surface area (Å²) in [6, 6.07) is 0. The van der Waals surface area contributed by atoms with Crippen LogP contribution in [0.1, 0.15) is 33.6 Å². The lowest BCUT2D eigenvalue weighted by atomic mass is 9.96. The van der Waals surface area contributed by atoms with E-state index in [2.05, 4.69) is 12.2 Å². The Morgan fingerprint density at radius 3 is 2.54 bits per heavy atom. The van der Waals surface area contributed by atoms with Gasteiger partial charge in [-0.25, -0.2) is 0 Å². The number of hydrogen-bond acceptors (Lipinski definition) is 3. The van der Waals surface area contributed by atoms with Gasteiger partial charge in [-0.2, -0.15) is 0 Å². The Morgan fingerprint density at radius 1 is 1.54 bits per heavy atom. The number of likely N-dealkylation sites (N-methyl/N-ethyl adjacent to an activating group) is 1. The molecule has 0 fully saturated rings. The third kappa shape index (κ3) is 5.24. The van der Waals surface area contributed by atoms with Crippen molar-refractivity contribution in [3.8, 4) is 0 Å². The first-order chi connectivity index (χ1) is 6.08. The second-order valence-corrected chi connectivity index (χ2v) is 3.85. The second-order valence-electron chi connectivity index (χ2n) is 3.85. The van der Waals surface area contributed by atoms with E-state index in [1.54, 1.807) is 0 Å². The van der Waals surface area contributed by atoms with Gasteiger partial charge in [-0.3, -0.25) is 0 Å². The Morgan fingerprint density at radius 2 is 2.15 bits per heavy atom. The molecule has 0 aliphatic carbocycles. The van der Waals surface area contributed by atoms with E-state index in [4.69, 9.17) is 9.84 Å². The average molecular weight is 189 g/mol. The Bertz CT molecular complexity index is 124. The molecule has 0 bridgehead atoms. The summed E-state index contributed by atoms with van der Waals surface area (Å²) in [6.45, 7) is 7.07. The van der Waals surface area contributed by atoms with Gasteiger partial charge in [0.05, 0.1) is 12.7 Å². The highest BCUT2D eigenvalue weighted by Gasteiger charge is 2.23. The van der Waals surface area contributed by atoms with Gasteiger partial charge >= 0.3 is 0 Å². The van der Waals surface area contributed by atoms with Gasteiger partial charge in [0.25, 0.3) is 0 Å². The van der Waals surface area contributed by atoms with Gasteiger partial charge in [-0.15, -0.1) is 0 Å². The standard InChI is InChI=1S/C10H23NO2/c1-5-6-13-9(2)7-10(3,8-12)11-4/h9,11-12H,5-8H2,1-4H3. The van der Waals surface area contributed by atoms with E-state index in [9.17, 15) is 0 Å². The molecule has 0 spiro atoms. The smallest absolute Gasteiger partial charge is 0.0611 e. The first-order valence-corrected chi connectivity index (χ1v) is 4.99. The molecule has 3 heteroatoms. The molecule has 0 heterocycles. The molecule has 2 atom stereocenters. The Kier molecular flexibility index (Phi) is 6.29. The van der Waals surface area contributed by atoms with Crippen molar-refractivity contribution in [2.75, 3.05) is 20.3 Å². The zero-order valence-corrected chi connectivity index (χ0v) is 9.26. The Labute approximate surface area is 81.5 Å². The van der Waals surface area contributed by atoms with Crippen molar-refractivity contribution in [1.29, 1.82) is 0 Å². The minimum absolute atomic E-state index is 0.142. The molecule has 0 amide bonds. The second kappa shape index (κ2) is 6.35. The average Bonchev–Trinajstić information content (AvgIpc) is 2.14. The molecule has 13 heavy (non-hydrogen) atoms. The van der Waals surface area contributed by atoms with Gasteiger partial charge in [0.15, 0.2) is 0 Å². The normalized spacial score (nSPS) is 18.2. The maximum atomic E-state index is 9.14. The lowest BCUT2D eigenvalue weighted by Gasteiger charge is -2.29. The summed E-state index contributed by atoms with van der Waals surface area (Å²) in [5.41, 5.74) is -0.215. The van der Waals surface area contributed by atoms with Gasteiger partial charge in [-0.05, 0) is 33.7 Å². The molecule has 0 aromatic rings. The van der Waals surface area contributed by atoms with E-state index in [-0.39, 0.29) is 18.2 Å². The summed E-state index contributed by atoms with van der Waals surface area (Å²) in [7, 11) is 1.86. The van der Waals surface area contributed by atoms with E-state index in [0.717, 1.165) is 19.4 Å². The molecule has 0 saturated carbocycles. The van der Waals surface area contributed by atoms with Crippen molar-refractivity contribution >= 4 is 0 Å². The molecule has 0 aromatic heterocycles. The molecule has 0 aliphatic heterocycles.